The Balaban J connectivity index is 2.76. The highest BCUT2D eigenvalue weighted by Crippen LogP contribution is 2.22. The number of rotatable bonds is 6. The molecule has 1 unspecified atom stereocenters. The maximum absolute atomic E-state index is 6.00. The molecule has 0 bridgehead atoms. The van der Waals surface area contributed by atoms with Crippen molar-refractivity contribution in [3.05, 3.63) is 29.8 Å². The average molecular weight is 265 g/mol. The van der Waals surface area contributed by atoms with E-state index in [0.29, 0.717) is 0 Å². The van der Waals surface area contributed by atoms with Crippen LogP contribution in [0.1, 0.15) is 46.3 Å². The largest absolute Gasteiger partial charge is 0.497 e. The van der Waals surface area contributed by atoms with Crippen molar-refractivity contribution in [1.82, 2.24) is 5.32 Å². The predicted octanol–water partition coefficient (Wildman–Crippen LogP) is 3.55. The minimum atomic E-state index is 0.0603. The minimum absolute atomic E-state index is 0.0603. The number of ether oxygens (including phenoxy) is 2. The van der Waals surface area contributed by atoms with Gasteiger partial charge in [-0.1, -0.05) is 12.1 Å². The van der Waals surface area contributed by atoms with Crippen LogP contribution < -0.4 is 10.1 Å². The number of benzene rings is 1. The van der Waals surface area contributed by atoms with Gasteiger partial charge in [0, 0.05) is 12.1 Å². The maximum Gasteiger partial charge on any atom is 0.118 e. The number of nitrogens with one attached hydrogen (secondary N) is 1. The first kappa shape index (κ1) is 16.0. The van der Waals surface area contributed by atoms with Crippen molar-refractivity contribution in [2.45, 2.75) is 52.4 Å². The van der Waals surface area contributed by atoms with E-state index in [4.69, 9.17) is 9.47 Å². The summed E-state index contributed by atoms with van der Waals surface area (Å²) in [5, 5.41) is 3.50. The van der Waals surface area contributed by atoms with Gasteiger partial charge in [-0.3, -0.25) is 0 Å². The molecule has 3 nitrogen and oxygen atoms in total. The molecule has 1 N–H and O–H groups in total. The van der Waals surface area contributed by atoms with Gasteiger partial charge in [0.05, 0.1) is 19.3 Å². The summed E-state index contributed by atoms with van der Waals surface area (Å²) in [5.41, 5.74) is 1.26. The molecule has 0 heterocycles. The number of methoxy groups -OCH3 is 1. The lowest BCUT2D eigenvalue weighted by Gasteiger charge is -2.27. The normalized spacial score (nSPS) is 13.6. The van der Waals surface area contributed by atoms with E-state index in [1.807, 2.05) is 12.1 Å². The van der Waals surface area contributed by atoms with Crippen LogP contribution in [0.3, 0.4) is 0 Å². The van der Waals surface area contributed by atoms with Crippen molar-refractivity contribution < 1.29 is 9.47 Å². The molecule has 0 amide bonds. The van der Waals surface area contributed by atoms with Gasteiger partial charge in [0.25, 0.3) is 0 Å². The van der Waals surface area contributed by atoms with Crippen LogP contribution in [0.4, 0.5) is 0 Å². The molecule has 108 valence electrons. The van der Waals surface area contributed by atoms with Crippen molar-refractivity contribution in [2.24, 2.45) is 0 Å². The first-order valence-corrected chi connectivity index (χ1v) is 6.86. The first-order valence-electron chi connectivity index (χ1n) is 6.86. The monoisotopic (exact) mass is 265 g/mol. The zero-order chi connectivity index (χ0) is 14.5. The molecule has 19 heavy (non-hydrogen) atoms. The molecule has 1 atom stereocenters. The van der Waals surface area contributed by atoms with E-state index in [9.17, 15) is 0 Å². The third-order valence-corrected chi connectivity index (χ3v) is 2.74. The molecule has 0 saturated heterocycles. The fourth-order valence-electron chi connectivity index (χ4n) is 1.79. The Kier molecular flexibility index (Phi) is 5.83. The number of hydrogen-bond acceptors (Lipinski definition) is 3. The summed E-state index contributed by atoms with van der Waals surface area (Å²) < 4.78 is 11.2. The molecular formula is C16H27NO2. The Bertz CT molecular complexity index is 365. The summed E-state index contributed by atoms with van der Waals surface area (Å²) in [7, 11) is 1.68. The molecule has 1 rings (SSSR count). The Morgan fingerprint density at radius 2 is 1.68 bits per heavy atom. The molecule has 1 aromatic rings. The lowest BCUT2D eigenvalue weighted by Crippen LogP contribution is -2.39. The summed E-state index contributed by atoms with van der Waals surface area (Å²) in [4.78, 5) is 0. The molecule has 3 heteroatoms. The fraction of sp³-hybridized carbons (Fsp3) is 0.625. The fourth-order valence-corrected chi connectivity index (χ4v) is 1.79. The average Bonchev–Trinajstić information content (AvgIpc) is 2.33. The standard InChI is InChI=1S/C16H27NO2/c1-12(2)19-15(11-17-16(3,4)5)13-7-9-14(18-6)10-8-13/h7-10,12,15,17H,11H2,1-6H3. The van der Waals surface area contributed by atoms with E-state index in [1.54, 1.807) is 7.11 Å². The van der Waals surface area contributed by atoms with E-state index in [-0.39, 0.29) is 17.7 Å². The van der Waals surface area contributed by atoms with Crippen molar-refractivity contribution in [3.63, 3.8) is 0 Å². The maximum atomic E-state index is 6.00. The molecule has 0 spiro atoms. The van der Waals surface area contributed by atoms with Gasteiger partial charge in [-0.05, 0) is 52.3 Å². The second-order valence-electron chi connectivity index (χ2n) is 6.08. The Morgan fingerprint density at radius 3 is 2.11 bits per heavy atom. The van der Waals surface area contributed by atoms with Crippen LogP contribution in [0, 0.1) is 0 Å². The van der Waals surface area contributed by atoms with Crippen molar-refractivity contribution in [2.75, 3.05) is 13.7 Å². The van der Waals surface area contributed by atoms with Crippen LogP contribution in [0.5, 0.6) is 5.75 Å². The van der Waals surface area contributed by atoms with Crippen molar-refractivity contribution >= 4 is 0 Å². The summed E-state index contributed by atoms with van der Waals surface area (Å²) >= 11 is 0. The Labute approximate surface area is 117 Å². The van der Waals surface area contributed by atoms with Crippen LogP contribution in [-0.2, 0) is 4.74 Å². The van der Waals surface area contributed by atoms with Crippen molar-refractivity contribution in [1.29, 1.82) is 0 Å². The summed E-state index contributed by atoms with van der Waals surface area (Å²) in [6.45, 7) is 11.4. The van der Waals surface area contributed by atoms with Crippen molar-refractivity contribution in [3.8, 4) is 5.75 Å². The van der Waals surface area contributed by atoms with Gasteiger partial charge < -0.3 is 14.8 Å². The summed E-state index contributed by atoms with van der Waals surface area (Å²) in [6.07, 6.45) is 0.263. The topological polar surface area (TPSA) is 30.5 Å². The molecule has 0 fully saturated rings. The van der Waals surface area contributed by atoms with E-state index in [1.165, 1.54) is 5.56 Å². The van der Waals surface area contributed by atoms with Crippen LogP contribution in [0.25, 0.3) is 0 Å². The molecule has 0 aromatic heterocycles. The minimum Gasteiger partial charge on any atom is -0.497 e. The molecule has 0 radical (unpaired) electrons. The SMILES string of the molecule is COc1ccc(C(CNC(C)(C)C)OC(C)C)cc1. The van der Waals surface area contributed by atoms with Crippen LogP contribution in [0.2, 0.25) is 0 Å². The van der Waals surface area contributed by atoms with Gasteiger partial charge in [0.15, 0.2) is 0 Å². The van der Waals surface area contributed by atoms with Gasteiger partial charge in [-0.25, -0.2) is 0 Å². The molecule has 0 aliphatic heterocycles. The zero-order valence-corrected chi connectivity index (χ0v) is 13.0. The second kappa shape index (κ2) is 6.92. The highest BCUT2D eigenvalue weighted by atomic mass is 16.5. The van der Waals surface area contributed by atoms with Crippen LogP contribution in [-0.4, -0.2) is 25.3 Å². The third-order valence-electron chi connectivity index (χ3n) is 2.74. The summed E-state index contributed by atoms with van der Waals surface area (Å²) in [6, 6.07) is 8.08. The van der Waals surface area contributed by atoms with Gasteiger partial charge in [0.1, 0.15) is 5.75 Å². The van der Waals surface area contributed by atoms with Crippen LogP contribution >= 0.6 is 0 Å². The second-order valence-corrected chi connectivity index (χ2v) is 6.08. The van der Waals surface area contributed by atoms with E-state index in [2.05, 4.69) is 52.1 Å². The molecule has 1 aromatic carbocycles. The Morgan fingerprint density at radius 1 is 1.11 bits per heavy atom. The van der Waals surface area contributed by atoms with Crippen LogP contribution in [0.15, 0.2) is 24.3 Å². The lowest BCUT2D eigenvalue weighted by molar-refractivity contribution is 0.00403. The van der Waals surface area contributed by atoms with E-state index >= 15 is 0 Å². The molecule has 0 saturated carbocycles. The summed E-state index contributed by atoms with van der Waals surface area (Å²) in [5.74, 6) is 0.871. The molecular weight excluding hydrogens is 238 g/mol. The molecule has 0 aliphatic rings. The first-order chi connectivity index (χ1) is 8.81. The molecule has 0 aliphatic carbocycles. The lowest BCUT2D eigenvalue weighted by atomic mass is 10.1. The van der Waals surface area contributed by atoms with Gasteiger partial charge >= 0.3 is 0 Å². The van der Waals surface area contributed by atoms with Gasteiger partial charge in [-0.2, -0.15) is 0 Å². The van der Waals surface area contributed by atoms with E-state index < -0.39 is 0 Å². The van der Waals surface area contributed by atoms with E-state index in [0.717, 1.165) is 12.3 Å². The number of hydrogen-bond donors (Lipinski definition) is 1. The smallest absolute Gasteiger partial charge is 0.118 e. The van der Waals surface area contributed by atoms with Gasteiger partial charge in [-0.15, -0.1) is 0 Å². The highest BCUT2D eigenvalue weighted by Gasteiger charge is 2.17. The highest BCUT2D eigenvalue weighted by molar-refractivity contribution is 5.28. The third kappa shape index (κ3) is 6.08. The predicted molar refractivity (Wildman–Crippen MR) is 79.7 cm³/mol. The Hall–Kier alpha value is -1.06. The van der Waals surface area contributed by atoms with Gasteiger partial charge in [0.2, 0.25) is 0 Å². The quantitative estimate of drug-likeness (QED) is 0.853. The zero-order valence-electron chi connectivity index (χ0n) is 13.0.